The number of carbonyl (C=O) groups excluding carboxylic acids is 2. The number of anilines is 1. The molecule has 0 radical (unpaired) electrons. The van der Waals surface area contributed by atoms with Gasteiger partial charge in [0.25, 0.3) is 0 Å². The quantitative estimate of drug-likeness (QED) is 0.430. The van der Waals surface area contributed by atoms with E-state index < -0.39 is 17.5 Å². The first-order valence-corrected chi connectivity index (χ1v) is 9.67. The predicted octanol–water partition coefficient (Wildman–Crippen LogP) is 5.85. The van der Waals surface area contributed by atoms with Crippen molar-refractivity contribution in [3.8, 4) is 11.5 Å². The Labute approximate surface area is 183 Å². The van der Waals surface area contributed by atoms with Gasteiger partial charge in [0.1, 0.15) is 22.7 Å². The van der Waals surface area contributed by atoms with Gasteiger partial charge in [-0.25, -0.2) is 4.79 Å². The Morgan fingerprint density at radius 1 is 1.07 bits per heavy atom. The fraction of sp³-hybridized carbons (Fsp3) is 0.300. The average molecular weight is 461 g/mol. The number of carbonyl (C=O) groups is 2. The predicted molar refractivity (Wildman–Crippen MR) is 113 cm³/mol. The SMILES string of the molecule is CC(=O)Oc1cc(NCc2cc(Cl)cc(Cl)c2O)c(Cl)cc1C(=O)OC(C)(C)C. The molecule has 0 fully saturated rings. The maximum absolute atomic E-state index is 12.5. The number of halogens is 3. The number of hydrogen-bond acceptors (Lipinski definition) is 6. The number of nitrogens with one attached hydrogen (secondary N) is 1. The Morgan fingerprint density at radius 2 is 1.72 bits per heavy atom. The number of hydrogen-bond donors (Lipinski definition) is 2. The molecule has 156 valence electrons. The van der Waals surface area contributed by atoms with Gasteiger partial charge in [-0.1, -0.05) is 34.8 Å². The number of phenols is 1. The third-order valence-corrected chi connectivity index (χ3v) is 4.34. The molecule has 9 heteroatoms. The highest BCUT2D eigenvalue weighted by Gasteiger charge is 2.24. The zero-order chi connectivity index (χ0) is 21.9. The first-order valence-electron chi connectivity index (χ1n) is 8.53. The van der Waals surface area contributed by atoms with Crippen molar-refractivity contribution in [2.75, 3.05) is 5.32 Å². The first-order chi connectivity index (χ1) is 13.4. The van der Waals surface area contributed by atoms with Gasteiger partial charge in [-0.3, -0.25) is 4.79 Å². The molecule has 0 aliphatic rings. The number of phenolic OH excluding ortho intramolecular Hbond substituents is 1. The Bertz CT molecular complexity index is 954. The van der Waals surface area contributed by atoms with Crippen molar-refractivity contribution in [2.45, 2.75) is 39.8 Å². The summed E-state index contributed by atoms with van der Waals surface area (Å²) in [6.45, 7) is 6.49. The van der Waals surface area contributed by atoms with Crippen molar-refractivity contribution in [1.29, 1.82) is 0 Å². The number of ether oxygens (including phenoxy) is 2. The molecule has 0 bridgehead atoms. The zero-order valence-corrected chi connectivity index (χ0v) is 18.5. The topological polar surface area (TPSA) is 84.9 Å². The van der Waals surface area contributed by atoms with Crippen molar-refractivity contribution >= 4 is 52.4 Å². The van der Waals surface area contributed by atoms with Crippen molar-refractivity contribution in [1.82, 2.24) is 0 Å². The molecule has 6 nitrogen and oxygen atoms in total. The van der Waals surface area contributed by atoms with Crippen LogP contribution in [0.3, 0.4) is 0 Å². The molecule has 0 heterocycles. The molecule has 2 aromatic rings. The van der Waals surface area contributed by atoms with Crippen LogP contribution in [-0.4, -0.2) is 22.6 Å². The average Bonchev–Trinajstić information content (AvgIpc) is 2.56. The normalized spacial score (nSPS) is 11.1. The Hall–Kier alpha value is -2.15. The van der Waals surface area contributed by atoms with Gasteiger partial charge in [-0.2, -0.15) is 0 Å². The smallest absolute Gasteiger partial charge is 0.342 e. The van der Waals surface area contributed by atoms with Crippen molar-refractivity contribution in [3.05, 3.63) is 50.5 Å². The van der Waals surface area contributed by atoms with Gasteiger partial charge in [0.2, 0.25) is 0 Å². The number of aromatic hydroxyl groups is 1. The van der Waals surface area contributed by atoms with E-state index in [9.17, 15) is 14.7 Å². The molecule has 2 rings (SSSR count). The van der Waals surface area contributed by atoms with E-state index in [2.05, 4.69) is 5.32 Å². The lowest BCUT2D eigenvalue weighted by molar-refractivity contribution is -0.131. The maximum Gasteiger partial charge on any atom is 0.342 e. The highest BCUT2D eigenvalue weighted by atomic mass is 35.5. The van der Waals surface area contributed by atoms with Gasteiger partial charge in [0.15, 0.2) is 0 Å². The summed E-state index contributed by atoms with van der Waals surface area (Å²) >= 11 is 18.2. The van der Waals surface area contributed by atoms with Crippen LogP contribution in [0.2, 0.25) is 15.1 Å². The Kier molecular flexibility index (Phi) is 7.27. The molecule has 0 unspecified atom stereocenters. The molecule has 0 spiro atoms. The van der Waals surface area contributed by atoms with Gasteiger partial charge in [0, 0.05) is 30.1 Å². The van der Waals surface area contributed by atoms with Gasteiger partial charge < -0.3 is 19.9 Å². The standard InChI is InChI=1S/C20H20Cl3NO5/c1-10(25)28-17-8-16(14(22)7-13(17)19(27)29-20(2,3)4)24-9-11-5-12(21)6-15(23)18(11)26/h5-8,24,26H,9H2,1-4H3. The molecule has 29 heavy (non-hydrogen) atoms. The van der Waals surface area contributed by atoms with E-state index in [0.717, 1.165) is 0 Å². The highest BCUT2D eigenvalue weighted by Crippen LogP contribution is 2.35. The minimum absolute atomic E-state index is 0.00741. The summed E-state index contributed by atoms with van der Waals surface area (Å²) in [4.78, 5) is 23.9. The summed E-state index contributed by atoms with van der Waals surface area (Å²) in [5.41, 5.74) is 0.0750. The van der Waals surface area contributed by atoms with Gasteiger partial charge >= 0.3 is 11.9 Å². The van der Waals surface area contributed by atoms with E-state index in [0.29, 0.717) is 16.3 Å². The minimum Gasteiger partial charge on any atom is -0.506 e. The molecule has 0 aliphatic heterocycles. The van der Waals surface area contributed by atoms with E-state index >= 15 is 0 Å². The second-order valence-electron chi connectivity index (χ2n) is 7.17. The molecule has 0 saturated heterocycles. The van der Waals surface area contributed by atoms with Crippen LogP contribution in [0.15, 0.2) is 24.3 Å². The third kappa shape index (κ3) is 6.42. The van der Waals surface area contributed by atoms with E-state index in [-0.39, 0.29) is 33.7 Å². The molecule has 0 aromatic heterocycles. The number of esters is 2. The van der Waals surface area contributed by atoms with Crippen LogP contribution in [-0.2, 0) is 16.1 Å². The summed E-state index contributed by atoms with van der Waals surface area (Å²) in [6.07, 6.45) is 0. The van der Waals surface area contributed by atoms with Crippen LogP contribution in [0.25, 0.3) is 0 Å². The van der Waals surface area contributed by atoms with Crippen molar-refractivity contribution in [3.63, 3.8) is 0 Å². The third-order valence-electron chi connectivity index (χ3n) is 3.52. The Morgan fingerprint density at radius 3 is 2.31 bits per heavy atom. The molecule has 0 amide bonds. The van der Waals surface area contributed by atoms with Crippen LogP contribution in [0.1, 0.15) is 43.6 Å². The van der Waals surface area contributed by atoms with Gasteiger partial charge in [-0.05, 0) is 39.0 Å². The minimum atomic E-state index is -0.739. The summed E-state index contributed by atoms with van der Waals surface area (Å²) in [7, 11) is 0. The lowest BCUT2D eigenvalue weighted by Gasteiger charge is -2.21. The zero-order valence-electron chi connectivity index (χ0n) is 16.2. The molecule has 2 aromatic carbocycles. The largest absolute Gasteiger partial charge is 0.506 e. The van der Waals surface area contributed by atoms with E-state index in [1.807, 2.05) is 0 Å². The first kappa shape index (κ1) is 23.1. The molecular weight excluding hydrogens is 441 g/mol. The summed E-state index contributed by atoms with van der Waals surface area (Å²) in [5.74, 6) is -1.42. The van der Waals surface area contributed by atoms with E-state index in [1.54, 1.807) is 26.8 Å². The Balaban J connectivity index is 2.36. The lowest BCUT2D eigenvalue weighted by atomic mass is 10.1. The molecular formula is C20H20Cl3NO5. The highest BCUT2D eigenvalue weighted by molar-refractivity contribution is 6.35. The molecule has 2 N–H and O–H groups in total. The van der Waals surface area contributed by atoms with Crippen LogP contribution in [0, 0.1) is 0 Å². The number of benzene rings is 2. The maximum atomic E-state index is 12.5. The summed E-state index contributed by atoms with van der Waals surface area (Å²) < 4.78 is 10.5. The summed E-state index contributed by atoms with van der Waals surface area (Å²) in [6, 6.07) is 5.72. The lowest BCUT2D eigenvalue weighted by Crippen LogP contribution is -2.24. The van der Waals surface area contributed by atoms with Crippen LogP contribution < -0.4 is 10.1 Å². The van der Waals surface area contributed by atoms with E-state index in [4.69, 9.17) is 44.3 Å². The van der Waals surface area contributed by atoms with Crippen LogP contribution >= 0.6 is 34.8 Å². The van der Waals surface area contributed by atoms with Gasteiger partial charge in [-0.15, -0.1) is 0 Å². The van der Waals surface area contributed by atoms with Gasteiger partial charge in [0.05, 0.1) is 15.7 Å². The van der Waals surface area contributed by atoms with E-state index in [1.165, 1.54) is 25.1 Å². The van der Waals surface area contributed by atoms with Crippen molar-refractivity contribution < 1.29 is 24.2 Å². The molecule has 0 aliphatic carbocycles. The fourth-order valence-corrected chi connectivity index (χ4v) is 3.13. The second kappa shape index (κ2) is 9.11. The number of rotatable bonds is 5. The molecule has 0 saturated carbocycles. The molecule has 0 atom stereocenters. The second-order valence-corrected chi connectivity index (χ2v) is 8.42. The van der Waals surface area contributed by atoms with Crippen LogP contribution in [0.4, 0.5) is 5.69 Å². The monoisotopic (exact) mass is 459 g/mol. The fourth-order valence-electron chi connectivity index (χ4n) is 2.37. The summed E-state index contributed by atoms with van der Waals surface area (Å²) in [5, 5.41) is 13.7. The van der Waals surface area contributed by atoms with Crippen LogP contribution in [0.5, 0.6) is 11.5 Å². The van der Waals surface area contributed by atoms with Crippen molar-refractivity contribution in [2.24, 2.45) is 0 Å².